The van der Waals surface area contributed by atoms with Gasteiger partial charge in [-0.05, 0) is 42.2 Å². The van der Waals surface area contributed by atoms with Crippen LogP contribution in [0.15, 0.2) is 78.9 Å². The molecular formula is C21H20O2. The number of hydrogen-bond acceptors (Lipinski definition) is 1. The van der Waals surface area contributed by atoms with Gasteiger partial charge < -0.3 is 5.11 Å². The van der Waals surface area contributed by atoms with Crippen LogP contribution in [0, 0.1) is 13.8 Å². The molecule has 23 heavy (non-hydrogen) atoms. The van der Waals surface area contributed by atoms with Crippen LogP contribution in [0.3, 0.4) is 0 Å². The van der Waals surface area contributed by atoms with Crippen LogP contribution in [0.2, 0.25) is 0 Å². The Kier molecular flexibility index (Phi) is 5.70. The second-order valence-electron chi connectivity index (χ2n) is 5.30. The Bertz CT molecular complexity index is 777. The highest BCUT2D eigenvalue weighted by Gasteiger charge is 2.03. The highest BCUT2D eigenvalue weighted by Crippen LogP contribution is 2.21. The van der Waals surface area contributed by atoms with E-state index in [1.807, 2.05) is 12.1 Å². The number of carboxylic acids is 1. The summed E-state index contributed by atoms with van der Waals surface area (Å²) in [5.41, 5.74) is 5.12. The highest BCUT2D eigenvalue weighted by atomic mass is 16.4. The lowest BCUT2D eigenvalue weighted by Gasteiger charge is -2.04. The standard InChI is InChI=1S/C13H12.C8H8O2/c1-11-7-5-6-10-13(11)12-8-3-2-4-9-12;1-6-4-2-3-5-7(6)8(9)10/h2-10H,1H3;2-5H,1H3,(H,9,10). The topological polar surface area (TPSA) is 37.3 Å². The van der Waals surface area contributed by atoms with Crippen LogP contribution in [-0.2, 0) is 0 Å². The third-order valence-corrected chi connectivity index (χ3v) is 3.61. The Labute approximate surface area is 137 Å². The SMILES string of the molecule is Cc1ccccc1-c1ccccc1.Cc1ccccc1C(=O)O. The molecule has 0 atom stereocenters. The van der Waals surface area contributed by atoms with Crippen molar-refractivity contribution in [2.45, 2.75) is 13.8 Å². The fraction of sp³-hybridized carbons (Fsp3) is 0.0952. The van der Waals surface area contributed by atoms with Crippen molar-refractivity contribution >= 4 is 5.97 Å². The molecule has 0 bridgehead atoms. The van der Waals surface area contributed by atoms with Crippen molar-refractivity contribution < 1.29 is 9.90 Å². The average Bonchev–Trinajstić information content (AvgIpc) is 2.57. The molecule has 0 spiro atoms. The van der Waals surface area contributed by atoms with E-state index in [0.717, 1.165) is 5.56 Å². The molecule has 2 nitrogen and oxygen atoms in total. The van der Waals surface area contributed by atoms with Crippen LogP contribution in [0.1, 0.15) is 21.5 Å². The predicted molar refractivity (Wildman–Crippen MR) is 94.8 cm³/mol. The van der Waals surface area contributed by atoms with E-state index in [2.05, 4.69) is 55.5 Å². The Balaban J connectivity index is 0.000000174. The summed E-state index contributed by atoms with van der Waals surface area (Å²) in [4.78, 5) is 10.4. The maximum atomic E-state index is 10.4. The molecule has 0 amide bonds. The van der Waals surface area contributed by atoms with E-state index in [1.165, 1.54) is 16.7 Å². The molecule has 0 unspecified atom stereocenters. The number of carboxylic acid groups (broad SMARTS) is 1. The molecule has 0 radical (unpaired) electrons. The van der Waals surface area contributed by atoms with Crippen molar-refractivity contribution in [3.05, 3.63) is 95.6 Å². The molecule has 0 saturated carbocycles. The zero-order valence-corrected chi connectivity index (χ0v) is 13.4. The lowest BCUT2D eigenvalue weighted by Crippen LogP contribution is -1.97. The summed E-state index contributed by atoms with van der Waals surface area (Å²) in [5, 5.41) is 8.57. The first-order chi connectivity index (χ1) is 11.1. The third kappa shape index (κ3) is 4.55. The second kappa shape index (κ2) is 7.95. The summed E-state index contributed by atoms with van der Waals surface area (Å²) in [6.45, 7) is 3.92. The van der Waals surface area contributed by atoms with E-state index in [1.54, 1.807) is 25.1 Å². The van der Waals surface area contributed by atoms with E-state index in [0.29, 0.717) is 5.56 Å². The number of benzene rings is 3. The normalized spacial score (nSPS) is 9.65. The number of aromatic carboxylic acids is 1. The minimum absolute atomic E-state index is 0.377. The van der Waals surface area contributed by atoms with E-state index < -0.39 is 5.97 Å². The molecule has 2 heteroatoms. The van der Waals surface area contributed by atoms with Gasteiger partial charge in [0, 0.05) is 0 Å². The quantitative estimate of drug-likeness (QED) is 0.692. The molecule has 0 aromatic heterocycles. The Morgan fingerprint density at radius 2 is 1.22 bits per heavy atom. The van der Waals surface area contributed by atoms with E-state index in [-0.39, 0.29) is 0 Å². The summed E-state index contributed by atoms with van der Waals surface area (Å²) in [6.07, 6.45) is 0. The monoisotopic (exact) mass is 304 g/mol. The van der Waals surface area contributed by atoms with Crippen molar-refractivity contribution in [1.82, 2.24) is 0 Å². The summed E-state index contributed by atoms with van der Waals surface area (Å²) >= 11 is 0. The van der Waals surface area contributed by atoms with Gasteiger partial charge in [0.05, 0.1) is 5.56 Å². The molecule has 3 rings (SSSR count). The van der Waals surface area contributed by atoms with Gasteiger partial charge >= 0.3 is 5.97 Å². The Morgan fingerprint density at radius 3 is 1.74 bits per heavy atom. The van der Waals surface area contributed by atoms with Crippen LogP contribution in [0.4, 0.5) is 0 Å². The van der Waals surface area contributed by atoms with Crippen LogP contribution in [0.5, 0.6) is 0 Å². The minimum Gasteiger partial charge on any atom is -0.478 e. The van der Waals surface area contributed by atoms with Crippen molar-refractivity contribution in [3.8, 4) is 11.1 Å². The molecule has 0 saturated heterocycles. The molecule has 0 aliphatic heterocycles. The summed E-state index contributed by atoms with van der Waals surface area (Å²) in [7, 11) is 0. The predicted octanol–water partition coefficient (Wildman–Crippen LogP) is 5.36. The number of hydrogen-bond donors (Lipinski definition) is 1. The van der Waals surface area contributed by atoms with Gasteiger partial charge in [0.2, 0.25) is 0 Å². The second-order valence-corrected chi connectivity index (χ2v) is 5.30. The molecule has 0 heterocycles. The van der Waals surface area contributed by atoms with Gasteiger partial charge in [0.1, 0.15) is 0 Å². The molecule has 1 N–H and O–H groups in total. The van der Waals surface area contributed by atoms with E-state index >= 15 is 0 Å². The largest absolute Gasteiger partial charge is 0.478 e. The third-order valence-electron chi connectivity index (χ3n) is 3.61. The smallest absolute Gasteiger partial charge is 0.335 e. The summed E-state index contributed by atoms with van der Waals surface area (Å²) in [5.74, 6) is -0.863. The Hall–Kier alpha value is -2.87. The number of carbonyl (C=O) groups is 1. The molecule has 3 aromatic rings. The van der Waals surface area contributed by atoms with Gasteiger partial charge in [0.25, 0.3) is 0 Å². The lowest BCUT2D eigenvalue weighted by molar-refractivity contribution is 0.0696. The fourth-order valence-corrected chi connectivity index (χ4v) is 2.33. The first-order valence-corrected chi connectivity index (χ1v) is 7.49. The van der Waals surface area contributed by atoms with Crippen LogP contribution >= 0.6 is 0 Å². The molecule has 0 aliphatic carbocycles. The number of rotatable bonds is 2. The summed E-state index contributed by atoms with van der Waals surface area (Å²) < 4.78 is 0. The van der Waals surface area contributed by atoms with Gasteiger partial charge in [-0.15, -0.1) is 0 Å². The average molecular weight is 304 g/mol. The van der Waals surface area contributed by atoms with Gasteiger partial charge in [-0.2, -0.15) is 0 Å². The van der Waals surface area contributed by atoms with Crippen molar-refractivity contribution in [2.75, 3.05) is 0 Å². The van der Waals surface area contributed by atoms with Crippen molar-refractivity contribution in [1.29, 1.82) is 0 Å². The Morgan fingerprint density at radius 1 is 0.696 bits per heavy atom. The van der Waals surface area contributed by atoms with Gasteiger partial charge in [-0.25, -0.2) is 4.79 Å². The van der Waals surface area contributed by atoms with E-state index in [4.69, 9.17) is 5.11 Å². The minimum atomic E-state index is -0.863. The fourth-order valence-electron chi connectivity index (χ4n) is 2.33. The number of aryl methyl sites for hydroxylation is 2. The maximum absolute atomic E-state index is 10.4. The molecule has 3 aromatic carbocycles. The van der Waals surface area contributed by atoms with Crippen molar-refractivity contribution in [2.24, 2.45) is 0 Å². The molecule has 0 aliphatic rings. The van der Waals surface area contributed by atoms with Gasteiger partial charge in [-0.3, -0.25) is 0 Å². The highest BCUT2D eigenvalue weighted by molar-refractivity contribution is 5.89. The van der Waals surface area contributed by atoms with Gasteiger partial charge in [-0.1, -0.05) is 72.8 Å². The van der Waals surface area contributed by atoms with Crippen molar-refractivity contribution in [3.63, 3.8) is 0 Å². The van der Waals surface area contributed by atoms with E-state index in [9.17, 15) is 4.79 Å². The molecule has 116 valence electrons. The zero-order valence-electron chi connectivity index (χ0n) is 13.4. The van der Waals surface area contributed by atoms with Crippen LogP contribution in [0.25, 0.3) is 11.1 Å². The first kappa shape index (κ1) is 16.5. The maximum Gasteiger partial charge on any atom is 0.335 e. The van der Waals surface area contributed by atoms with Crippen LogP contribution in [-0.4, -0.2) is 11.1 Å². The first-order valence-electron chi connectivity index (χ1n) is 7.49. The summed E-state index contributed by atoms with van der Waals surface area (Å²) in [6, 6.07) is 25.8. The van der Waals surface area contributed by atoms with Crippen LogP contribution < -0.4 is 0 Å². The molecule has 0 fully saturated rings. The lowest BCUT2D eigenvalue weighted by atomic mass is 10.0. The molecular weight excluding hydrogens is 284 g/mol. The van der Waals surface area contributed by atoms with Gasteiger partial charge in [0.15, 0.2) is 0 Å². The zero-order chi connectivity index (χ0) is 16.7.